The van der Waals surface area contributed by atoms with Crippen LogP contribution in [0, 0.1) is 5.92 Å². The van der Waals surface area contributed by atoms with E-state index in [9.17, 15) is 0 Å². The van der Waals surface area contributed by atoms with E-state index in [1.165, 1.54) is 24.4 Å². The monoisotopic (exact) mass is 209 g/mol. The fourth-order valence-electron chi connectivity index (χ4n) is 1.67. The fourth-order valence-corrected chi connectivity index (χ4v) is 2.85. The molecule has 1 aliphatic heterocycles. The molecule has 0 radical (unpaired) electrons. The summed E-state index contributed by atoms with van der Waals surface area (Å²) in [5.41, 5.74) is 0.320. The zero-order valence-electron chi connectivity index (χ0n) is 9.26. The zero-order valence-corrected chi connectivity index (χ0v) is 10.1. The summed E-state index contributed by atoms with van der Waals surface area (Å²) in [6.45, 7) is 9.28. The van der Waals surface area contributed by atoms with Gasteiger partial charge in [-0.15, -0.1) is 11.3 Å². The normalized spacial score (nSPS) is 18.2. The van der Waals surface area contributed by atoms with Gasteiger partial charge in [-0.2, -0.15) is 0 Å². The van der Waals surface area contributed by atoms with E-state index < -0.39 is 0 Å². The summed E-state index contributed by atoms with van der Waals surface area (Å²) in [6.07, 6.45) is 1.27. The summed E-state index contributed by atoms with van der Waals surface area (Å²) in [5, 5.41) is 3.32. The van der Waals surface area contributed by atoms with E-state index in [-0.39, 0.29) is 0 Å². The van der Waals surface area contributed by atoms with Crippen molar-refractivity contribution in [3.8, 4) is 0 Å². The standard InChI is InChI=1S/C12H19NS/c1-12(2,3)11-5-4-10(14-11)6-9-7-13-8-9/h4-5,9,13H,6-8H2,1-3H3. The Labute approximate surface area is 90.5 Å². The van der Waals surface area contributed by atoms with Crippen molar-refractivity contribution in [3.05, 3.63) is 21.9 Å². The van der Waals surface area contributed by atoms with Gasteiger partial charge in [-0.25, -0.2) is 0 Å². The van der Waals surface area contributed by atoms with Crippen molar-refractivity contribution in [1.82, 2.24) is 5.32 Å². The summed E-state index contributed by atoms with van der Waals surface area (Å²) >= 11 is 1.99. The largest absolute Gasteiger partial charge is 0.316 e. The molecule has 0 bridgehead atoms. The first-order valence-corrected chi connectivity index (χ1v) is 6.17. The molecule has 1 saturated heterocycles. The molecule has 0 atom stereocenters. The minimum Gasteiger partial charge on any atom is -0.316 e. The van der Waals surface area contributed by atoms with E-state index in [0.29, 0.717) is 5.41 Å². The van der Waals surface area contributed by atoms with Crippen LogP contribution in [0.2, 0.25) is 0 Å². The maximum Gasteiger partial charge on any atom is 0.0102 e. The highest BCUT2D eigenvalue weighted by molar-refractivity contribution is 7.12. The van der Waals surface area contributed by atoms with Crippen LogP contribution in [0.1, 0.15) is 30.5 Å². The Morgan fingerprint density at radius 2 is 2.07 bits per heavy atom. The highest BCUT2D eigenvalue weighted by atomic mass is 32.1. The van der Waals surface area contributed by atoms with Crippen LogP contribution in [0.4, 0.5) is 0 Å². The van der Waals surface area contributed by atoms with Gasteiger partial charge in [0.05, 0.1) is 0 Å². The summed E-state index contributed by atoms with van der Waals surface area (Å²) in [7, 11) is 0. The van der Waals surface area contributed by atoms with E-state index in [1.807, 2.05) is 11.3 Å². The zero-order chi connectivity index (χ0) is 10.2. The third kappa shape index (κ3) is 2.18. The molecule has 1 nitrogen and oxygen atoms in total. The third-order valence-corrected chi connectivity index (χ3v) is 4.29. The van der Waals surface area contributed by atoms with Gasteiger partial charge >= 0.3 is 0 Å². The number of rotatable bonds is 2. The molecule has 1 aromatic rings. The Balaban J connectivity index is 2.02. The average molecular weight is 209 g/mol. The minimum atomic E-state index is 0.320. The van der Waals surface area contributed by atoms with E-state index in [1.54, 1.807) is 4.88 Å². The van der Waals surface area contributed by atoms with Crippen molar-refractivity contribution in [2.75, 3.05) is 13.1 Å². The molecule has 1 aliphatic rings. The van der Waals surface area contributed by atoms with Gasteiger partial charge in [0.2, 0.25) is 0 Å². The van der Waals surface area contributed by atoms with Gasteiger partial charge in [0.15, 0.2) is 0 Å². The molecule has 1 fully saturated rings. The van der Waals surface area contributed by atoms with Crippen molar-refractivity contribution in [2.24, 2.45) is 5.92 Å². The van der Waals surface area contributed by atoms with Gasteiger partial charge in [-0.05, 0) is 43.0 Å². The molecule has 0 amide bonds. The summed E-state index contributed by atoms with van der Waals surface area (Å²) in [5.74, 6) is 0.890. The van der Waals surface area contributed by atoms with Crippen LogP contribution in [0.25, 0.3) is 0 Å². The van der Waals surface area contributed by atoms with Gasteiger partial charge in [-0.1, -0.05) is 20.8 Å². The molecule has 0 aromatic carbocycles. The second-order valence-corrected chi connectivity index (χ2v) is 6.41. The molecule has 1 N–H and O–H groups in total. The lowest BCUT2D eigenvalue weighted by Crippen LogP contribution is -2.42. The number of thiophene rings is 1. The molecule has 0 spiro atoms. The molecule has 1 aromatic heterocycles. The molecule has 2 rings (SSSR count). The highest BCUT2D eigenvalue weighted by Crippen LogP contribution is 2.30. The Bertz CT molecular complexity index is 304. The maximum atomic E-state index is 3.32. The minimum absolute atomic E-state index is 0.320. The maximum absolute atomic E-state index is 3.32. The topological polar surface area (TPSA) is 12.0 Å². The van der Waals surface area contributed by atoms with Gasteiger partial charge in [0.25, 0.3) is 0 Å². The quantitative estimate of drug-likeness (QED) is 0.790. The molecule has 0 saturated carbocycles. The molecular formula is C12H19NS. The lowest BCUT2D eigenvalue weighted by molar-refractivity contribution is 0.348. The summed E-state index contributed by atoms with van der Waals surface area (Å²) in [4.78, 5) is 3.07. The first-order chi connectivity index (χ1) is 6.55. The van der Waals surface area contributed by atoms with E-state index in [2.05, 4.69) is 38.2 Å². The first-order valence-electron chi connectivity index (χ1n) is 5.35. The lowest BCUT2D eigenvalue weighted by Gasteiger charge is -2.26. The second kappa shape index (κ2) is 3.67. The second-order valence-electron chi connectivity index (χ2n) is 5.24. The van der Waals surface area contributed by atoms with Crippen LogP contribution in [0.5, 0.6) is 0 Å². The molecule has 78 valence electrons. The summed E-state index contributed by atoms with van der Waals surface area (Å²) < 4.78 is 0. The Hall–Kier alpha value is -0.340. The van der Waals surface area contributed by atoms with Crippen LogP contribution >= 0.6 is 11.3 Å². The van der Waals surface area contributed by atoms with E-state index in [0.717, 1.165) is 5.92 Å². The highest BCUT2D eigenvalue weighted by Gasteiger charge is 2.20. The van der Waals surface area contributed by atoms with E-state index in [4.69, 9.17) is 0 Å². The van der Waals surface area contributed by atoms with Gasteiger partial charge in [-0.3, -0.25) is 0 Å². The van der Waals surface area contributed by atoms with Crippen LogP contribution in [0.3, 0.4) is 0 Å². The third-order valence-electron chi connectivity index (χ3n) is 2.76. The van der Waals surface area contributed by atoms with Crippen molar-refractivity contribution in [2.45, 2.75) is 32.6 Å². The van der Waals surface area contributed by atoms with Crippen molar-refractivity contribution >= 4 is 11.3 Å². The predicted octanol–water partition coefficient (Wildman–Crippen LogP) is 2.81. The van der Waals surface area contributed by atoms with Crippen LogP contribution in [0.15, 0.2) is 12.1 Å². The van der Waals surface area contributed by atoms with Crippen molar-refractivity contribution in [1.29, 1.82) is 0 Å². The Kier molecular flexibility index (Phi) is 2.67. The lowest BCUT2D eigenvalue weighted by atomic mass is 9.94. The van der Waals surface area contributed by atoms with Gasteiger partial charge in [0, 0.05) is 9.75 Å². The average Bonchev–Trinajstić information content (AvgIpc) is 2.43. The molecule has 14 heavy (non-hydrogen) atoms. The summed E-state index contributed by atoms with van der Waals surface area (Å²) in [6, 6.07) is 4.61. The molecule has 2 heteroatoms. The smallest absolute Gasteiger partial charge is 0.0102 e. The Morgan fingerprint density at radius 1 is 1.36 bits per heavy atom. The van der Waals surface area contributed by atoms with Crippen LogP contribution < -0.4 is 5.32 Å². The van der Waals surface area contributed by atoms with E-state index >= 15 is 0 Å². The van der Waals surface area contributed by atoms with Crippen LogP contribution in [-0.2, 0) is 11.8 Å². The first kappa shape index (κ1) is 10.2. The molecule has 2 heterocycles. The number of nitrogens with one attached hydrogen (secondary N) is 1. The van der Waals surface area contributed by atoms with Gasteiger partial charge < -0.3 is 5.32 Å². The fraction of sp³-hybridized carbons (Fsp3) is 0.667. The SMILES string of the molecule is CC(C)(C)c1ccc(CC2CNC2)s1. The number of hydrogen-bond acceptors (Lipinski definition) is 2. The van der Waals surface area contributed by atoms with Crippen molar-refractivity contribution < 1.29 is 0 Å². The van der Waals surface area contributed by atoms with Gasteiger partial charge in [0.1, 0.15) is 0 Å². The molecular weight excluding hydrogens is 190 g/mol. The van der Waals surface area contributed by atoms with Crippen LogP contribution in [-0.4, -0.2) is 13.1 Å². The number of hydrogen-bond donors (Lipinski definition) is 1. The Morgan fingerprint density at radius 3 is 2.50 bits per heavy atom. The van der Waals surface area contributed by atoms with Crippen molar-refractivity contribution in [3.63, 3.8) is 0 Å². The predicted molar refractivity (Wildman–Crippen MR) is 63.1 cm³/mol. The molecule has 0 unspecified atom stereocenters. The molecule has 0 aliphatic carbocycles.